The molecule has 1 aromatic carbocycles. The molecule has 0 bridgehead atoms. The second kappa shape index (κ2) is 5.95. The molecule has 0 fully saturated rings. The molecule has 0 aliphatic rings. The van der Waals surface area contributed by atoms with Gasteiger partial charge in [0.2, 0.25) is 29.1 Å². The molecule has 1 aromatic rings. The van der Waals surface area contributed by atoms with Crippen LogP contribution in [-0.4, -0.2) is 18.2 Å². The Morgan fingerprint density at radius 3 is 1.70 bits per heavy atom. The normalized spacial score (nSPS) is 13.4. The van der Waals surface area contributed by atoms with E-state index in [1.54, 1.807) is 0 Å². The van der Waals surface area contributed by atoms with Crippen molar-refractivity contribution < 1.29 is 26.7 Å². The van der Waals surface area contributed by atoms with Gasteiger partial charge in [0, 0.05) is 12.1 Å². The molecule has 1 unspecified atom stereocenters. The fraction of sp³-hybridized carbons (Fsp3) is 0.538. The second-order valence-electron chi connectivity index (χ2n) is 5.46. The molecule has 20 heavy (non-hydrogen) atoms. The van der Waals surface area contributed by atoms with E-state index in [-0.39, 0.29) is 12.1 Å². The lowest BCUT2D eigenvalue weighted by molar-refractivity contribution is 0.179. The van der Waals surface area contributed by atoms with Gasteiger partial charge < -0.3 is 10.1 Å². The van der Waals surface area contributed by atoms with Crippen molar-refractivity contribution in [1.29, 1.82) is 0 Å². The summed E-state index contributed by atoms with van der Waals surface area (Å²) in [5.74, 6) is -11.4. The molecule has 0 aromatic heterocycles. The maximum Gasteiger partial charge on any atom is 0.207 e. The van der Waals surface area contributed by atoms with Crippen LogP contribution in [0.5, 0.6) is 5.75 Å². The van der Waals surface area contributed by atoms with Crippen molar-refractivity contribution in [3.63, 3.8) is 0 Å². The predicted molar refractivity (Wildman–Crippen MR) is 64.1 cm³/mol. The summed E-state index contributed by atoms with van der Waals surface area (Å²) in [6.07, 6.45) is -0.775. The molecular formula is C13H16F5NO. The molecule has 0 saturated carbocycles. The van der Waals surface area contributed by atoms with E-state index in [9.17, 15) is 22.0 Å². The van der Waals surface area contributed by atoms with Crippen molar-refractivity contribution in [2.75, 3.05) is 6.54 Å². The van der Waals surface area contributed by atoms with Crippen LogP contribution in [0, 0.1) is 29.1 Å². The Morgan fingerprint density at radius 1 is 0.900 bits per heavy atom. The Bertz CT molecular complexity index is 470. The average Bonchev–Trinajstić information content (AvgIpc) is 2.36. The number of hydrogen-bond donors (Lipinski definition) is 1. The largest absolute Gasteiger partial charge is 0.483 e. The van der Waals surface area contributed by atoms with Crippen LogP contribution >= 0.6 is 0 Å². The summed E-state index contributed by atoms with van der Waals surface area (Å²) in [4.78, 5) is 0. The average molecular weight is 297 g/mol. The Balaban J connectivity index is 2.93. The number of nitrogens with one attached hydrogen (secondary N) is 1. The van der Waals surface area contributed by atoms with Gasteiger partial charge in [-0.2, -0.15) is 8.78 Å². The highest BCUT2D eigenvalue weighted by atomic mass is 19.2. The molecule has 0 spiro atoms. The van der Waals surface area contributed by atoms with Gasteiger partial charge in [0.1, 0.15) is 6.10 Å². The molecule has 0 aliphatic carbocycles. The van der Waals surface area contributed by atoms with E-state index < -0.39 is 40.9 Å². The molecule has 0 amide bonds. The SMILES string of the molecule is CC(CNC(C)(C)C)Oc1c(F)c(F)c(F)c(F)c1F. The van der Waals surface area contributed by atoms with E-state index in [0.717, 1.165) is 0 Å². The predicted octanol–water partition coefficient (Wildman–Crippen LogP) is 3.54. The fourth-order valence-electron chi connectivity index (χ4n) is 1.38. The highest BCUT2D eigenvalue weighted by Gasteiger charge is 2.28. The Kier molecular flexibility index (Phi) is 4.96. The first-order valence-electron chi connectivity index (χ1n) is 5.97. The van der Waals surface area contributed by atoms with E-state index in [2.05, 4.69) is 5.32 Å². The van der Waals surface area contributed by atoms with Crippen molar-refractivity contribution in [2.24, 2.45) is 0 Å². The first-order valence-corrected chi connectivity index (χ1v) is 5.97. The Labute approximate surface area is 113 Å². The molecule has 0 radical (unpaired) electrons. The maximum atomic E-state index is 13.4. The summed E-state index contributed by atoms with van der Waals surface area (Å²) in [5.41, 5.74) is -0.270. The third kappa shape index (κ3) is 3.82. The highest BCUT2D eigenvalue weighted by Crippen LogP contribution is 2.29. The van der Waals surface area contributed by atoms with Gasteiger partial charge in [-0.3, -0.25) is 0 Å². The van der Waals surface area contributed by atoms with E-state index in [4.69, 9.17) is 4.74 Å². The lowest BCUT2D eigenvalue weighted by Gasteiger charge is -2.24. The molecule has 2 nitrogen and oxygen atoms in total. The van der Waals surface area contributed by atoms with Crippen molar-refractivity contribution in [2.45, 2.75) is 39.3 Å². The van der Waals surface area contributed by atoms with Gasteiger partial charge in [0.05, 0.1) is 0 Å². The zero-order valence-electron chi connectivity index (χ0n) is 11.6. The monoisotopic (exact) mass is 297 g/mol. The summed E-state index contributed by atoms with van der Waals surface area (Å²) < 4.78 is 70.4. The number of ether oxygens (including phenoxy) is 1. The third-order valence-electron chi connectivity index (χ3n) is 2.41. The van der Waals surface area contributed by atoms with Gasteiger partial charge in [-0.1, -0.05) is 0 Å². The summed E-state index contributed by atoms with van der Waals surface area (Å²) in [5, 5.41) is 2.99. The Morgan fingerprint density at radius 2 is 1.30 bits per heavy atom. The molecule has 7 heteroatoms. The van der Waals surface area contributed by atoms with Crippen molar-refractivity contribution >= 4 is 0 Å². The highest BCUT2D eigenvalue weighted by molar-refractivity contribution is 5.30. The van der Waals surface area contributed by atoms with Gasteiger partial charge >= 0.3 is 0 Å². The minimum absolute atomic E-state index is 0.184. The standard InChI is InChI=1S/C13H16F5NO/c1-6(5-19-13(2,3)4)20-12-10(17)8(15)7(14)9(16)11(12)18/h6,19H,5H2,1-4H3. The first kappa shape index (κ1) is 16.7. The van der Waals surface area contributed by atoms with Crippen LogP contribution in [0.2, 0.25) is 0 Å². The summed E-state index contributed by atoms with van der Waals surface area (Å²) in [6, 6.07) is 0. The molecule has 0 aliphatic heterocycles. The molecule has 0 saturated heterocycles. The molecule has 1 atom stereocenters. The van der Waals surface area contributed by atoms with Crippen LogP contribution in [0.4, 0.5) is 22.0 Å². The van der Waals surface area contributed by atoms with Crippen molar-refractivity contribution in [1.82, 2.24) is 5.32 Å². The summed E-state index contributed by atoms with van der Waals surface area (Å²) in [7, 11) is 0. The lowest BCUT2D eigenvalue weighted by atomic mass is 10.1. The lowest BCUT2D eigenvalue weighted by Crippen LogP contribution is -2.41. The van der Waals surface area contributed by atoms with Crippen LogP contribution in [0.1, 0.15) is 27.7 Å². The van der Waals surface area contributed by atoms with Gasteiger partial charge in [-0.05, 0) is 27.7 Å². The maximum absolute atomic E-state index is 13.4. The zero-order valence-corrected chi connectivity index (χ0v) is 11.6. The van der Waals surface area contributed by atoms with Crippen molar-refractivity contribution in [3.8, 4) is 5.75 Å². The zero-order chi connectivity index (χ0) is 15.7. The van der Waals surface area contributed by atoms with Crippen molar-refractivity contribution in [3.05, 3.63) is 29.1 Å². The van der Waals surface area contributed by atoms with Crippen LogP contribution in [0.15, 0.2) is 0 Å². The first-order chi connectivity index (χ1) is 9.04. The van der Waals surface area contributed by atoms with Gasteiger partial charge in [-0.15, -0.1) is 0 Å². The quantitative estimate of drug-likeness (QED) is 0.521. The minimum atomic E-state index is -2.20. The van der Waals surface area contributed by atoms with E-state index in [1.807, 2.05) is 20.8 Å². The van der Waals surface area contributed by atoms with Crippen LogP contribution in [0.25, 0.3) is 0 Å². The smallest absolute Gasteiger partial charge is 0.207 e. The Hall–Kier alpha value is -1.37. The van der Waals surface area contributed by atoms with E-state index >= 15 is 0 Å². The number of hydrogen-bond acceptors (Lipinski definition) is 2. The third-order valence-corrected chi connectivity index (χ3v) is 2.41. The minimum Gasteiger partial charge on any atom is -0.483 e. The van der Waals surface area contributed by atoms with E-state index in [0.29, 0.717) is 0 Å². The number of halogens is 5. The number of rotatable bonds is 4. The van der Waals surface area contributed by atoms with Gasteiger partial charge in [0.15, 0.2) is 5.75 Å². The van der Waals surface area contributed by atoms with E-state index in [1.165, 1.54) is 6.92 Å². The second-order valence-corrected chi connectivity index (χ2v) is 5.46. The van der Waals surface area contributed by atoms with Crippen LogP contribution < -0.4 is 10.1 Å². The fourth-order valence-corrected chi connectivity index (χ4v) is 1.38. The van der Waals surface area contributed by atoms with Crippen LogP contribution in [-0.2, 0) is 0 Å². The topological polar surface area (TPSA) is 21.3 Å². The number of benzene rings is 1. The van der Waals surface area contributed by atoms with Crippen LogP contribution in [0.3, 0.4) is 0 Å². The molecule has 114 valence electrons. The van der Waals surface area contributed by atoms with Gasteiger partial charge in [-0.25, -0.2) is 13.2 Å². The molecule has 1 N–H and O–H groups in total. The molecule has 0 heterocycles. The molecule has 1 rings (SSSR count). The summed E-state index contributed by atoms with van der Waals surface area (Å²) >= 11 is 0. The van der Waals surface area contributed by atoms with Gasteiger partial charge in [0.25, 0.3) is 0 Å². The summed E-state index contributed by atoms with van der Waals surface area (Å²) in [6.45, 7) is 7.22. The molecular weight excluding hydrogens is 281 g/mol.